The van der Waals surface area contributed by atoms with Crippen LogP contribution in [0.15, 0.2) is 23.4 Å². The van der Waals surface area contributed by atoms with Crippen molar-refractivity contribution in [2.75, 3.05) is 13.1 Å². The fourth-order valence-electron chi connectivity index (χ4n) is 2.12. The molecule has 0 amide bonds. The summed E-state index contributed by atoms with van der Waals surface area (Å²) in [5.41, 5.74) is 4.36. The van der Waals surface area contributed by atoms with Crippen LogP contribution in [0.2, 0.25) is 0 Å². The topological polar surface area (TPSA) is 3.24 Å². The zero-order valence-corrected chi connectivity index (χ0v) is 7.19. The van der Waals surface area contributed by atoms with E-state index in [1.807, 2.05) is 0 Å². The molecule has 1 saturated heterocycles. The predicted octanol–water partition coefficient (Wildman–Crippen LogP) is 2.32. The molecule has 60 valence electrons. The van der Waals surface area contributed by atoms with Crippen LogP contribution >= 0.6 is 0 Å². The Morgan fingerprint density at radius 2 is 1.91 bits per heavy atom. The van der Waals surface area contributed by atoms with Gasteiger partial charge in [-0.1, -0.05) is 6.58 Å². The zero-order chi connectivity index (χ0) is 7.84. The lowest BCUT2D eigenvalue weighted by molar-refractivity contribution is 0.413. The molecule has 1 fully saturated rings. The van der Waals surface area contributed by atoms with Crippen LogP contribution in [0.1, 0.15) is 26.2 Å². The molecule has 0 saturated carbocycles. The molecular formula is C10H15N. The van der Waals surface area contributed by atoms with Gasteiger partial charge in [0.2, 0.25) is 0 Å². The third-order valence-electron chi connectivity index (χ3n) is 2.64. The summed E-state index contributed by atoms with van der Waals surface area (Å²) in [4.78, 5) is 2.49. The average Bonchev–Trinajstić information content (AvgIpc) is 2.39. The van der Waals surface area contributed by atoms with E-state index in [9.17, 15) is 0 Å². The standard InChI is InChI=1S/C10H15N/c1-8-7-9(2)10(8)11-5-3-4-6-11/h1,3-7H2,2H3. The lowest BCUT2D eigenvalue weighted by atomic mass is 9.90. The minimum atomic E-state index is 1.14. The van der Waals surface area contributed by atoms with Gasteiger partial charge in [-0.3, -0.25) is 0 Å². The van der Waals surface area contributed by atoms with Crippen molar-refractivity contribution in [1.82, 2.24) is 4.90 Å². The maximum Gasteiger partial charge on any atom is 0.0388 e. The summed E-state index contributed by atoms with van der Waals surface area (Å²) >= 11 is 0. The predicted molar refractivity (Wildman–Crippen MR) is 47.3 cm³/mol. The fourth-order valence-corrected chi connectivity index (χ4v) is 2.12. The molecule has 2 rings (SSSR count). The molecule has 0 aromatic carbocycles. The van der Waals surface area contributed by atoms with Crippen molar-refractivity contribution >= 4 is 0 Å². The third-order valence-corrected chi connectivity index (χ3v) is 2.64. The summed E-state index contributed by atoms with van der Waals surface area (Å²) in [6.07, 6.45) is 3.87. The molecule has 1 aliphatic heterocycles. The van der Waals surface area contributed by atoms with Gasteiger partial charge in [-0.2, -0.15) is 0 Å². The Labute approximate surface area is 68.4 Å². The molecule has 1 aliphatic carbocycles. The van der Waals surface area contributed by atoms with Gasteiger partial charge in [0.25, 0.3) is 0 Å². The Morgan fingerprint density at radius 3 is 2.36 bits per heavy atom. The Bertz CT molecular complexity index is 219. The largest absolute Gasteiger partial charge is 0.371 e. The summed E-state index contributed by atoms with van der Waals surface area (Å²) in [7, 11) is 0. The van der Waals surface area contributed by atoms with Gasteiger partial charge in [0.1, 0.15) is 0 Å². The highest BCUT2D eigenvalue weighted by Gasteiger charge is 2.25. The first-order chi connectivity index (χ1) is 5.29. The monoisotopic (exact) mass is 149 g/mol. The minimum absolute atomic E-state index is 1.14. The first-order valence-corrected chi connectivity index (χ1v) is 4.42. The molecule has 2 aliphatic rings. The molecule has 0 aromatic heterocycles. The third kappa shape index (κ3) is 0.991. The van der Waals surface area contributed by atoms with E-state index in [1.165, 1.54) is 42.8 Å². The normalized spacial score (nSPS) is 24.5. The number of hydrogen-bond donors (Lipinski definition) is 0. The van der Waals surface area contributed by atoms with Gasteiger partial charge in [-0.15, -0.1) is 0 Å². The van der Waals surface area contributed by atoms with E-state index < -0.39 is 0 Å². The van der Waals surface area contributed by atoms with Crippen molar-refractivity contribution < 1.29 is 0 Å². The van der Waals surface area contributed by atoms with Gasteiger partial charge in [0, 0.05) is 18.8 Å². The van der Waals surface area contributed by atoms with Crippen LogP contribution in [0.3, 0.4) is 0 Å². The molecule has 1 heteroatoms. The molecular weight excluding hydrogens is 134 g/mol. The van der Waals surface area contributed by atoms with Crippen LogP contribution in [0.4, 0.5) is 0 Å². The SMILES string of the molecule is C=C1CC(C)=C1N1CCCC1. The van der Waals surface area contributed by atoms with Crippen LogP contribution in [-0.4, -0.2) is 18.0 Å². The second-order valence-corrected chi connectivity index (χ2v) is 3.60. The van der Waals surface area contributed by atoms with Crippen molar-refractivity contribution in [2.24, 2.45) is 0 Å². The van der Waals surface area contributed by atoms with Crippen LogP contribution in [-0.2, 0) is 0 Å². The molecule has 0 N–H and O–H groups in total. The molecule has 11 heavy (non-hydrogen) atoms. The highest BCUT2D eigenvalue weighted by Crippen LogP contribution is 2.36. The van der Waals surface area contributed by atoms with Crippen molar-refractivity contribution in [3.63, 3.8) is 0 Å². The Balaban J connectivity index is 2.15. The van der Waals surface area contributed by atoms with Crippen LogP contribution in [0.5, 0.6) is 0 Å². The first kappa shape index (κ1) is 6.96. The Hall–Kier alpha value is -0.720. The quantitative estimate of drug-likeness (QED) is 0.553. The van der Waals surface area contributed by atoms with E-state index in [-0.39, 0.29) is 0 Å². The Kier molecular flexibility index (Phi) is 1.52. The van der Waals surface area contributed by atoms with Crippen molar-refractivity contribution in [1.29, 1.82) is 0 Å². The molecule has 1 nitrogen and oxygen atoms in total. The highest BCUT2D eigenvalue weighted by molar-refractivity contribution is 5.44. The molecule has 0 spiro atoms. The second kappa shape index (κ2) is 2.40. The maximum atomic E-state index is 4.04. The van der Waals surface area contributed by atoms with Crippen molar-refractivity contribution in [2.45, 2.75) is 26.2 Å². The lowest BCUT2D eigenvalue weighted by Gasteiger charge is -2.32. The summed E-state index contributed by atoms with van der Waals surface area (Å²) in [5.74, 6) is 0. The van der Waals surface area contributed by atoms with E-state index in [0.29, 0.717) is 0 Å². The molecule has 0 bridgehead atoms. The van der Waals surface area contributed by atoms with E-state index in [0.717, 1.165) is 6.42 Å². The van der Waals surface area contributed by atoms with Gasteiger partial charge in [-0.05, 0) is 37.3 Å². The van der Waals surface area contributed by atoms with Gasteiger partial charge < -0.3 is 4.90 Å². The summed E-state index contributed by atoms with van der Waals surface area (Å²) in [6.45, 7) is 8.77. The minimum Gasteiger partial charge on any atom is -0.371 e. The number of nitrogens with zero attached hydrogens (tertiary/aromatic N) is 1. The fraction of sp³-hybridized carbons (Fsp3) is 0.600. The number of likely N-dealkylation sites (tertiary alicyclic amines) is 1. The molecule has 0 aromatic rings. The van der Waals surface area contributed by atoms with Gasteiger partial charge in [0.05, 0.1) is 0 Å². The lowest BCUT2D eigenvalue weighted by Crippen LogP contribution is -2.25. The Morgan fingerprint density at radius 1 is 1.27 bits per heavy atom. The van der Waals surface area contributed by atoms with Crippen LogP contribution < -0.4 is 0 Å². The van der Waals surface area contributed by atoms with E-state index in [2.05, 4.69) is 18.4 Å². The summed E-state index contributed by atoms with van der Waals surface area (Å²) in [6, 6.07) is 0. The van der Waals surface area contributed by atoms with Crippen molar-refractivity contribution in [3.05, 3.63) is 23.4 Å². The molecule has 1 heterocycles. The van der Waals surface area contributed by atoms with Crippen LogP contribution in [0, 0.1) is 0 Å². The van der Waals surface area contributed by atoms with E-state index in [1.54, 1.807) is 0 Å². The maximum absolute atomic E-state index is 4.04. The summed E-state index contributed by atoms with van der Waals surface area (Å²) < 4.78 is 0. The summed E-state index contributed by atoms with van der Waals surface area (Å²) in [5, 5.41) is 0. The average molecular weight is 149 g/mol. The number of hydrogen-bond acceptors (Lipinski definition) is 1. The number of allylic oxidation sites excluding steroid dienone is 2. The smallest absolute Gasteiger partial charge is 0.0388 e. The van der Waals surface area contributed by atoms with E-state index in [4.69, 9.17) is 0 Å². The van der Waals surface area contributed by atoms with Crippen LogP contribution in [0.25, 0.3) is 0 Å². The first-order valence-electron chi connectivity index (χ1n) is 4.42. The zero-order valence-electron chi connectivity index (χ0n) is 7.19. The number of rotatable bonds is 1. The van der Waals surface area contributed by atoms with E-state index >= 15 is 0 Å². The van der Waals surface area contributed by atoms with Gasteiger partial charge >= 0.3 is 0 Å². The molecule has 0 unspecified atom stereocenters. The highest BCUT2D eigenvalue weighted by atomic mass is 15.2. The second-order valence-electron chi connectivity index (χ2n) is 3.60. The van der Waals surface area contributed by atoms with Gasteiger partial charge in [0.15, 0.2) is 0 Å². The molecule has 0 atom stereocenters. The molecule has 0 radical (unpaired) electrons. The van der Waals surface area contributed by atoms with Crippen molar-refractivity contribution in [3.8, 4) is 0 Å². The van der Waals surface area contributed by atoms with Gasteiger partial charge in [-0.25, -0.2) is 0 Å².